The van der Waals surface area contributed by atoms with Crippen LogP contribution in [0.1, 0.15) is 56.1 Å². The molecule has 6 nitrogen and oxygen atoms in total. The molecule has 34 heavy (non-hydrogen) atoms. The molecule has 0 spiro atoms. The number of piperidine rings is 1. The first kappa shape index (κ1) is 23.6. The van der Waals surface area contributed by atoms with E-state index in [4.69, 9.17) is 0 Å². The summed E-state index contributed by atoms with van der Waals surface area (Å²) >= 11 is 1.59. The number of nitrogens with one attached hydrogen (secondary N) is 3. The molecule has 4 unspecified atom stereocenters. The number of carbonyl (C=O) groups is 2. The Morgan fingerprint density at radius 1 is 1.21 bits per heavy atom. The van der Waals surface area contributed by atoms with Crippen LogP contribution in [-0.4, -0.2) is 53.9 Å². The number of nitrogens with zero attached hydrogens (tertiary/aromatic N) is 1. The summed E-state index contributed by atoms with van der Waals surface area (Å²) in [7, 11) is 0. The van der Waals surface area contributed by atoms with Crippen LogP contribution in [0.25, 0.3) is 5.57 Å². The van der Waals surface area contributed by atoms with E-state index >= 15 is 0 Å². The summed E-state index contributed by atoms with van der Waals surface area (Å²) in [5.41, 5.74) is 5.06. The van der Waals surface area contributed by atoms with Crippen molar-refractivity contribution in [2.45, 2.75) is 69.5 Å². The van der Waals surface area contributed by atoms with Crippen molar-refractivity contribution in [3.63, 3.8) is 0 Å². The number of amides is 2. The summed E-state index contributed by atoms with van der Waals surface area (Å²) < 4.78 is 0. The molecule has 2 fully saturated rings. The van der Waals surface area contributed by atoms with Gasteiger partial charge in [-0.2, -0.15) is 0 Å². The zero-order chi connectivity index (χ0) is 23.5. The summed E-state index contributed by atoms with van der Waals surface area (Å²) in [6, 6.07) is 8.49. The average Bonchev–Trinajstić information content (AvgIpc) is 3.30. The van der Waals surface area contributed by atoms with Gasteiger partial charge in [0.25, 0.3) is 0 Å². The van der Waals surface area contributed by atoms with Gasteiger partial charge in [-0.1, -0.05) is 41.5 Å². The van der Waals surface area contributed by atoms with Crippen LogP contribution in [-0.2, 0) is 9.59 Å². The molecule has 5 rings (SSSR count). The molecule has 2 amide bonds. The van der Waals surface area contributed by atoms with Gasteiger partial charge in [-0.3, -0.25) is 19.8 Å². The number of hydrogen-bond acceptors (Lipinski definition) is 5. The lowest BCUT2D eigenvalue weighted by Crippen LogP contribution is -2.69. The summed E-state index contributed by atoms with van der Waals surface area (Å²) in [5, 5.41) is 12.0. The summed E-state index contributed by atoms with van der Waals surface area (Å²) in [4.78, 5) is 28.1. The van der Waals surface area contributed by atoms with Crippen molar-refractivity contribution in [1.82, 2.24) is 20.9 Å². The molecule has 7 heteroatoms. The van der Waals surface area contributed by atoms with Crippen LogP contribution in [0.15, 0.2) is 41.3 Å². The van der Waals surface area contributed by atoms with Gasteiger partial charge in [0.05, 0.1) is 12.0 Å². The smallest absolute Gasteiger partial charge is 0.237 e. The lowest BCUT2D eigenvalue weighted by atomic mass is 9.94. The number of carbonyl (C=O) groups excluding carboxylic acids is 2. The molecule has 2 saturated heterocycles. The summed E-state index contributed by atoms with van der Waals surface area (Å²) in [6.45, 7) is 4.36. The maximum absolute atomic E-state index is 13.0. The van der Waals surface area contributed by atoms with Crippen molar-refractivity contribution in [1.29, 1.82) is 0 Å². The van der Waals surface area contributed by atoms with Crippen molar-refractivity contribution in [2.24, 2.45) is 5.92 Å². The number of thioether (sulfide) groups is 1. The van der Waals surface area contributed by atoms with E-state index in [2.05, 4.69) is 63.5 Å². The number of likely N-dealkylation sites (tertiary alicyclic amines) is 1. The van der Waals surface area contributed by atoms with Gasteiger partial charge in [0.1, 0.15) is 11.5 Å². The first-order valence-electron chi connectivity index (χ1n) is 12.8. The third-order valence-electron chi connectivity index (χ3n) is 7.56. The first-order chi connectivity index (χ1) is 16.6. The second kappa shape index (κ2) is 10.7. The highest BCUT2D eigenvalue weighted by Gasteiger charge is 2.44. The Bertz CT molecular complexity index is 973. The molecule has 3 heterocycles. The Morgan fingerprint density at radius 3 is 2.85 bits per heavy atom. The molecule has 1 aromatic rings. The zero-order valence-electron chi connectivity index (χ0n) is 20.0. The second-order valence-corrected chi connectivity index (χ2v) is 11.1. The van der Waals surface area contributed by atoms with Crippen molar-refractivity contribution in [2.75, 3.05) is 19.6 Å². The van der Waals surface area contributed by atoms with Crippen LogP contribution >= 0.6 is 11.8 Å². The van der Waals surface area contributed by atoms with Gasteiger partial charge in [-0.05, 0) is 68.4 Å². The van der Waals surface area contributed by atoms with E-state index in [0.717, 1.165) is 37.9 Å². The fourth-order valence-electron chi connectivity index (χ4n) is 5.55. The Kier molecular flexibility index (Phi) is 7.42. The fraction of sp³-hybridized carbons (Fsp3) is 0.556. The van der Waals surface area contributed by atoms with Crippen LogP contribution in [0.2, 0.25) is 0 Å². The molecule has 0 bridgehead atoms. The van der Waals surface area contributed by atoms with E-state index < -0.39 is 0 Å². The third kappa shape index (κ3) is 5.26. The number of aryl methyl sites for hydroxylation is 1. The van der Waals surface area contributed by atoms with E-state index in [1.165, 1.54) is 42.4 Å². The fourth-order valence-corrected chi connectivity index (χ4v) is 6.70. The highest BCUT2D eigenvalue weighted by atomic mass is 32.2. The minimum absolute atomic E-state index is 0.0237. The topological polar surface area (TPSA) is 73.5 Å². The number of hydrogen-bond donors (Lipinski definition) is 3. The SMILES string of the molecule is Cc1ccc(C2=CSC3C(=O)NC(N4CCCC(C(=O)NCCC5=CCCCC5)C4)NC23)cc1. The van der Waals surface area contributed by atoms with Gasteiger partial charge in [0, 0.05) is 19.6 Å². The van der Waals surface area contributed by atoms with E-state index in [-0.39, 0.29) is 35.3 Å². The van der Waals surface area contributed by atoms with Gasteiger partial charge in [-0.25, -0.2) is 0 Å². The van der Waals surface area contributed by atoms with Crippen molar-refractivity contribution < 1.29 is 9.59 Å². The summed E-state index contributed by atoms with van der Waals surface area (Å²) in [6.07, 6.45) is 9.87. The zero-order valence-corrected chi connectivity index (χ0v) is 20.8. The lowest BCUT2D eigenvalue weighted by Gasteiger charge is -2.43. The molecule has 0 radical (unpaired) electrons. The molecule has 1 aromatic carbocycles. The standard InChI is InChI=1S/C27H36N4O2S/c1-18-9-11-20(12-10-18)22-17-34-24-23(22)29-27(30-26(24)33)31-15-5-8-21(16-31)25(32)28-14-13-19-6-3-2-4-7-19/h6,9-12,17,21,23-24,27,29H,2-5,7-8,13-16H2,1H3,(H,28,32)(H,30,33). The van der Waals surface area contributed by atoms with E-state index in [1.54, 1.807) is 11.8 Å². The second-order valence-electron chi connectivity index (χ2n) is 10.0. The highest BCUT2D eigenvalue weighted by Crippen LogP contribution is 2.38. The molecule has 182 valence electrons. The number of allylic oxidation sites excluding steroid dienone is 1. The Hall–Kier alpha value is -2.09. The van der Waals surface area contributed by atoms with Crippen LogP contribution in [0.3, 0.4) is 0 Å². The van der Waals surface area contributed by atoms with Crippen LogP contribution in [0, 0.1) is 12.8 Å². The van der Waals surface area contributed by atoms with Crippen molar-refractivity contribution in [3.05, 3.63) is 52.4 Å². The highest BCUT2D eigenvalue weighted by molar-refractivity contribution is 8.04. The van der Waals surface area contributed by atoms with Crippen molar-refractivity contribution in [3.8, 4) is 0 Å². The van der Waals surface area contributed by atoms with Crippen LogP contribution in [0.5, 0.6) is 0 Å². The van der Waals surface area contributed by atoms with Gasteiger partial charge in [0.2, 0.25) is 11.8 Å². The number of rotatable bonds is 6. The van der Waals surface area contributed by atoms with Gasteiger partial charge in [-0.15, -0.1) is 11.8 Å². The maximum Gasteiger partial charge on any atom is 0.237 e. The minimum Gasteiger partial charge on any atom is -0.356 e. The Labute approximate surface area is 207 Å². The van der Waals surface area contributed by atoms with E-state index in [1.807, 2.05) is 0 Å². The predicted molar refractivity (Wildman–Crippen MR) is 138 cm³/mol. The largest absolute Gasteiger partial charge is 0.356 e. The molecule has 0 aromatic heterocycles. The van der Waals surface area contributed by atoms with Crippen LogP contribution in [0.4, 0.5) is 0 Å². The first-order valence-corrected chi connectivity index (χ1v) is 13.7. The monoisotopic (exact) mass is 480 g/mol. The predicted octanol–water partition coefficient (Wildman–Crippen LogP) is 3.54. The van der Waals surface area contributed by atoms with Gasteiger partial charge < -0.3 is 10.6 Å². The van der Waals surface area contributed by atoms with Gasteiger partial charge >= 0.3 is 0 Å². The third-order valence-corrected chi connectivity index (χ3v) is 8.73. The molecule has 1 aliphatic carbocycles. The summed E-state index contributed by atoms with van der Waals surface area (Å²) in [5.74, 6) is 0.192. The number of fused-ring (bicyclic) bond motifs is 1. The molecule has 3 N–H and O–H groups in total. The molecule has 4 aliphatic rings. The van der Waals surface area contributed by atoms with Gasteiger partial charge in [0.15, 0.2) is 0 Å². The van der Waals surface area contributed by atoms with Crippen LogP contribution < -0.4 is 16.0 Å². The molecule has 0 saturated carbocycles. The molecular formula is C27H36N4O2S. The minimum atomic E-state index is -0.246. The van der Waals surface area contributed by atoms with E-state index in [9.17, 15) is 9.59 Å². The Balaban J connectivity index is 1.18. The molecular weight excluding hydrogens is 444 g/mol. The maximum atomic E-state index is 13.0. The lowest BCUT2D eigenvalue weighted by molar-refractivity contribution is -0.129. The quantitative estimate of drug-likeness (QED) is 0.543. The number of benzene rings is 1. The Morgan fingerprint density at radius 2 is 2.06 bits per heavy atom. The molecule has 3 aliphatic heterocycles. The normalized spacial score (nSPS) is 29.6. The van der Waals surface area contributed by atoms with E-state index in [0.29, 0.717) is 6.54 Å². The van der Waals surface area contributed by atoms with Crippen molar-refractivity contribution >= 4 is 29.1 Å². The average molecular weight is 481 g/mol. The molecule has 4 atom stereocenters.